The Kier molecular flexibility index (Phi) is 3.78. The fraction of sp³-hybridized carbons (Fsp3) is 0.300. The Hall–Kier alpha value is -1.67. The molecule has 18 heavy (non-hydrogen) atoms. The number of aryl methyl sites for hydroxylation is 1. The highest BCUT2D eigenvalue weighted by Crippen LogP contribution is 2.16. The van der Waals surface area contributed by atoms with E-state index in [1.165, 1.54) is 0 Å². The van der Waals surface area contributed by atoms with E-state index in [1.54, 1.807) is 42.1 Å². The van der Waals surface area contributed by atoms with Crippen molar-refractivity contribution >= 4 is 27.5 Å². The lowest BCUT2D eigenvalue weighted by atomic mass is 10.4. The lowest BCUT2D eigenvalue weighted by molar-refractivity contribution is 0.102. The molecule has 0 fully saturated rings. The van der Waals surface area contributed by atoms with Crippen LogP contribution in [-0.4, -0.2) is 32.6 Å². The fourth-order valence-electron chi connectivity index (χ4n) is 1.43. The van der Waals surface area contributed by atoms with Gasteiger partial charge in [0.1, 0.15) is 6.73 Å². The second kappa shape index (κ2) is 5.32. The van der Waals surface area contributed by atoms with E-state index in [1.807, 2.05) is 0 Å². The van der Waals surface area contributed by atoms with Crippen molar-refractivity contribution in [2.75, 3.05) is 12.4 Å². The summed E-state index contributed by atoms with van der Waals surface area (Å²) in [6.45, 7) is 0.336. The first kappa shape index (κ1) is 12.8. The molecule has 0 atom stereocenters. The minimum atomic E-state index is -0.292. The normalized spacial score (nSPS) is 10.6. The number of amides is 1. The van der Waals surface area contributed by atoms with Crippen molar-refractivity contribution in [3.8, 4) is 0 Å². The van der Waals surface area contributed by atoms with Crippen molar-refractivity contribution in [3.63, 3.8) is 0 Å². The number of carbonyl (C=O) groups is 1. The zero-order chi connectivity index (χ0) is 13.1. The number of carbonyl (C=O) groups excluding carboxylic acids is 1. The second-order valence-electron chi connectivity index (χ2n) is 3.64. The molecular formula is C10H12BrN5O2. The number of rotatable bonds is 4. The Bertz CT molecular complexity index is 562. The van der Waals surface area contributed by atoms with Crippen molar-refractivity contribution in [1.82, 2.24) is 19.6 Å². The van der Waals surface area contributed by atoms with Gasteiger partial charge in [0.15, 0.2) is 5.69 Å². The number of hydrogen-bond acceptors (Lipinski definition) is 4. The molecule has 0 aliphatic heterocycles. The average molecular weight is 314 g/mol. The monoisotopic (exact) mass is 313 g/mol. The third-order valence-electron chi connectivity index (χ3n) is 2.15. The van der Waals surface area contributed by atoms with E-state index in [4.69, 9.17) is 4.74 Å². The summed E-state index contributed by atoms with van der Waals surface area (Å²) >= 11 is 3.28. The van der Waals surface area contributed by atoms with Crippen molar-refractivity contribution < 1.29 is 9.53 Å². The summed E-state index contributed by atoms with van der Waals surface area (Å²) < 4.78 is 8.70. The molecule has 1 amide bonds. The molecule has 0 unspecified atom stereocenters. The van der Waals surface area contributed by atoms with Gasteiger partial charge >= 0.3 is 0 Å². The number of halogens is 1. The number of aromatic nitrogens is 4. The predicted molar refractivity (Wildman–Crippen MR) is 68.1 cm³/mol. The molecule has 0 saturated carbocycles. The molecule has 2 rings (SSSR count). The van der Waals surface area contributed by atoms with Crippen LogP contribution in [0.5, 0.6) is 0 Å². The molecule has 0 aromatic carbocycles. The van der Waals surface area contributed by atoms with Gasteiger partial charge in [-0.15, -0.1) is 0 Å². The van der Waals surface area contributed by atoms with Gasteiger partial charge in [-0.3, -0.25) is 9.48 Å². The highest BCUT2D eigenvalue weighted by molar-refractivity contribution is 9.10. The van der Waals surface area contributed by atoms with Gasteiger partial charge in [0.25, 0.3) is 5.91 Å². The first-order chi connectivity index (χ1) is 8.60. The van der Waals surface area contributed by atoms with Crippen LogP contribution in [0.3, 0.4) is 0 Å². The number of nitrogens with one attached hydrogen (secondary N) is 1. The maximum atomic E-state index is 11.9. The summed E-state index contributed by atoms with van der Waals surface area (Å²) in [4.78, 5) is 11.9. The van der Waals surface area contributed by atoms with E-state index in [0.29, 0.717) is 22.6 Å². The minimum Gasteiger partial charge on any atom is -0.362 e. The Balaban J connectivity index is 2.08. The number of methoxy groups -OCH3 is 1. The van der Waals surface area contributed by atoms with Crippen molar-refractivity contribution in [2.24, 2.45) is 7.05 Å². The maximum Gasteiger partial charge on any atom is 0.277 e. The van der Waals surface area contributed by atoms with Crippen molar-refractivity contribution in [1.29, 1.82) is 0 Å². The van der Waals surface area contributed by atoms with E-state index in [0.717, 1.165) is 0 Å². The SMILES string of the molecule is COCn1cc(NC(=O)c2nn(C)cc2Br)cn1. The van der Waals surface area contributed by atoms with Crippen LogP contribution in [0.1, 0.15) is 10.5 Å². The Morgan fingerprint density at radius 2 is 2.33 bits per heavy atom. The lowest BCUT2D eigenvalue weighted by Gasteiger charge is -1.99. The van der Waals surface area contributed by atoms with Gasteiger partial charge in [-0.1, -0.05) is 0 Å². The molecule has 0 aliphatic carbocycles. The second-order valence-corrected chi connectivity index (χ2v) is 4.49. The molecule has 96 valence electrons. The van der Waals surface area contributed by atoms with Crippen LogP contribution < -0.4 is 5.32 Å². The molecule has 2 heterocycles. The molecule has 0 radical (unpaired) electrons. The van der Waals surface area contributed by atoms with Crippen molar-refractivity contribution in [3.05, 3.63) is 28.8 Å². The number of anilines is 1. The predicted octanol–water partition coefficient (Wildman–Crippen LogP) is 1.24. The summed E-state index contributed by atoms with van der Waals surface area (Å²) in [5, 5.41) is 10.8. The molecule has 0 saturated heterocycles. The number of ether oxygens (including phenoxy) is 1. The van der Waals surface area contributed by atoms with E-state index in [2.05, 4.69) is 31.4 Å². The molecule has 2 aromatic rings. The van der Waals surface area contributed by atoms with Crippen LogP contribution in [0.15, 0.2) is 23.1 Å². The number of nitrogens with zero attached hydrogens (tertiary/aromatic N) is 4. The first-order valence-corrected chi connectivity index (χ1v) is 5.91. The third kappa shape index (κ3) is 2.77. The fourth-order valence-corrected chi connectivity index (χ4v) is 1.99. The third-order valence-corrected chi connectivity index (χ3v) is 2.73. The topological polar surface area (TPSA) is 74.0 Å². The first-order valence-electron chi connectivity index (χ1n) is 5.12. The smallest absolute Gasteiger partial charge is 0.277 e. The summed E-state index contributed by atoms with van der Waals surface area (Å²) in [6, 6.07) is 0. The zero-order valence-electron chi connectivity index (χ0n) is 9.92. The quantitative estimate of drug-likeness (QED) is 0.921. The van der Waals surface area contributed by atoms with Crippen LogP contribution in [0.25, 0.3) is 0 Å². The molecule has 2 aromatic heterocycles. The molecular weight excluding hydrogens is 302 g/mol. The Morgan fingerprint density at radius 1 is 1.56 bits per heavy atom. The highest BCUT2D eigenvalue weighted by atomic mass is 79.9. The van der Waals surface area contributed by atoms with Gasteiger partial charge in [0.05, 0.1) is 22.6 Å². The average Bonchev–Trinajstić information content (AvgIpc) is 2.86. The van der Waals surface area contributed by atoms with E-state index < -0.39 is 0 Å². The van der Waals surface area contributed by atoms with Gasteiger partial charge in [0, 0.05) is 20.4 Å². The Morgan fingerprint density at radius 3 is 2.94 bits per heavy atom. The molecule has 7 nitrogen and oxygen atoms in total. The van der Waals surface area contributed by atoms with Gasteiger partial charge in [-0.25, -0.2) is 4.68 Å². The van der Waals surface area contributed by atoms with E-state index in [-0.39, 0.29) is 5.91 Å². The van der Waals surface area contributed by atoms with Gasteiger partial charge in [0.2, 0.25) is 0 Å². The largest absolute Gasteiger partial charge is 0.362 e. The maximum absolute atomic E-state index is 11.9. The molecule has 0 aliphatic rings. The molecule has 0 bridgehead atoms. The standard InChI is InChI=1S/C10H12BrN5O2/c1-15-5-8(11)9(14-15)10(17)13-7-3-12-16(4-7)6-18-2/h3-5H,6H2,1-2H3,(H,13,17). The van der Waals surface area contributed by atoms with Crippen LogP contribution in [0.4, 0.5) is 5.69 Å². The van der Waals surface area contributed by atoms with Gasteiger partial charge in [-0.2, -0.15) is 10.2 Å². The minimum absolute atomic E-state index is 0.292. The van der Waals surface area contributed by atoms with Crippen LogP contribution in [-0.2, 0) is 18.5 Å². The molecule has 0 spiro atoms. The number of hydrogen-bond donors (Lipinski definition) is 1. The summed E-state index contributed by atoms with van der Waals surface area (Å²) in [5.74, 6) is -0.292. The van der Waals surface area contributed by atoms with Crippen LogP contribution in [0.2, 0.25) is 0 Å². The molecule has 8 heteroatoms. The van der Waals surface area contributed by atoms with Crippen LogP contribution >= 0.6 is 15.9 Å². The van der Waals surface area contributed by atoms with Gasteiger partial charge < -0.3 is 10.1 Å². The van der Waals surface area contributed by atoms with E-state index in [9.17, 15) is 4.79 Å². The van der Waals surface area contributed by atoms with E-state index >= 15 is 0 Å². The summed E-state index contributed by atoms with van der Waals surface area (Å²) in [7, 11) is 3.32. The Labute approximate surface area is 112 Å². The molecule has 1 N–H and O–H groups in total. The summed E-state index contributed by atoms with van der Waals surface area (Å²) in [6.07, 6.45) is 4.94. The van der Waals surface area contributed by atoms with Gasteiger partial charge in [-0.05, 0) is 15.9 Å². The summed E-state index contributed by atoms with van der Waals surface area (Å²) in [5.41, 5.74) is 0.923. The zero-order valence-corrected chi connectivity index (χ0v) is 11.5. The highest BCUT2D eigenvalue weighted by Gasteiger charge is 2.15. The lowest BCUT2D eigenvalue weighted by Crippen LogP contribution is -2.13. The van der Waals surface area contributed by atoms with Crippen molar-refractivity contribution in [2.45, 2.75) is 6.73 Å². The van der Waals surface area contributed by atoms with Crippen LogP contribution in [0, 0.1) is 0 Å².